The van der Waals surface area contributed by atoms with Crippen molar-refractivity contribution >= 4 is 24.3 Å². The number of ether oxygens (including phenoxy) is 1. The number of hydrogen-bond acceptors (Lipinski definition) is 2. The summed E-state index contributed by atoms with van der Waals surface area (Å²) >= 11 is -2.49. The predicted octanol–water partition coefficient (Wildman–Crippen LogP) is 5.88. The Bertz CT molecular complexity index is 278. The van der Waals surface area contributed by atoms with E-state index in [1.807, 2.05) is 6.92 Å². The first-order chi connectivity index (χ1) is 10.1. The Morgan fingerprint density at radius 2 is 1.43 bits per heavy atom. The van der Waals surface area contributed by atoms with Gasteiger partial charge in [0.25, 0.3) is 0 Å². The van der Waals surface area contributed by atoms with Crippen LogP contribution in [0, 0.1) is 0 Å². The molecule has 0 heterocycles. The Morgan fingerprint density at radius 1 is 1.00 bits per heavy atom. The van der Waals surface area contributed by atoms with Gasteiger partial charge in [0.05, 0.1) is 0 Å². The van der Waals surface area contributed by atoms with Gasteiger partial charge in [0.2, 0.25) is 0 Å². The molecule has 2 nitrogen and oxygen atoms in total. The van der Waals surface area contributed by atoms with Crippen molar-refractivity contribution in [2.45, 2.75) is 90.6 Å². The predicted molar refractivity (Wildman–Crippen MR) is 95.3 cm³/mol. The molecule has 0 saturated heterocycles. The van der Waals surface area contributed by atoms with Gasteiger partial charge in [-0.05, 0) is 0 Å². The molecule has 0 rings (SSSR count). The van der Waals surface area contributed by atoms with E-state index in [0.29, 0.717) is 0 Å². The molecule has 0 aromatic heterocycles. The van der Waals surface area contributed by atoms with Crippen LogP contribution < -0.4 is 0 Å². The molecular formula is C18H36O2Sn. The molecule has 0 bridgehead atoms. The molecule has 3 heteroatoms. The summed E-state index contributed by atoms with van der Waals surface area (Å²) < 4.78 is 10.1. The molecule has 0 fully saturated rings. The molecule has 0 N–H and O–H groups in total. The first-order valence-corrected chi connectivity index (χ1v) is 16.6. The standard InChI is InChI=1S/C6H9O2.3C4H9.Sn/c1-3-4-5-8-6(2)7;3*1-3-4-2;/h3-5H,1-2H3;3*1,3-4H2,2H3;/b4-3+;;;;. The van der Waals surface area contributed by atoms with E-state index in [2.05, 4.69) is 32.9 Å². The van der Waals surface area contributed by atoms with Crippen LogP contribution in [-0.4, -0.2) is 28.5 Å². The number of rotatable bonds is 12. The zero-order valence-corrected chi connectivity index (χ0v) is 17.8. The minimum absolute atomic E-state index is 0.108. The summed E-state index contributed by atoms with van der Waals surface area (Å²) in [5, 5.41) is 0. The third kappa shape index (κ3) is 8.27. The second kappa shape index (κ2) is 12.5. The molecule has 0 aliphatic rings. The summed E-state index contributed by atoms with van der Waals surface area (Å²) in [6, 6.07) is 0. The van der Waals surface area contributed by atoms with Crippen LogP contribution >= 0.6 is 0 Å². The Balaban J connectivity index is 5.33. The molecule has 0 aliphatic heterocycles. The van der Waals surface area contributed by atoms with E-state index >= 15 is 0 Å². The van der Waals surface area contributed by atoms with E-state index in [1.165, 1.54) is 51.8 Å². The van der Waals surface area contributed by atoms with Gasteiger partial charge >= 0.3 is 137 Å². The Labute approximate surface area is 136 Å². The van der Waals surface area contributed by atoms with Crippen molar-refractivity contribution in [3.63, 3.8) is 0 Å². The number of allylic oxidation sites excluding steroid dienone is 1. The summed E-state index contributed by atoms with van der Waals surface area (Å²) in [6.45, 7) is 10.4. The summed E-state index contributed by atoms with van der Waals surface area (Å²) in [7, 11) is 0. The molecule has 0 aliphatic carbocycles. The van der Waals surface area contributed by atoms with Crippen LogP contribution in [0.2, 0.25) is 13.3 Å². The number of hydrogen-bond donors (Lipinski definition) is 0. The molecule has 0 saturated carbocycles. The van der Waals surface area contributed by atoms with Gasteiger partial charge in [-0.15, -0.1) is 0 Å². The van der Waals surface area contributed by atoms with Crippen LogP contribution in [0.25, 0.3) is 0 Å². The van der Waals surface area contributed by atoms with Crippen LogP contribution in [0.3, 0.4) is 0 Å². The van der Waals surface area contributed by atoms with E-state index in [4.69, 9.17) is 4.74 Å². The number of carbonyl (C=O) groups excluding carboxylic acids is 1. The molecule has 0 aromatic carbocycles. The molecule has 0 radical (unpaired) electrons. The van der Waals surface area contributed by atoms with Crippen molar-refractivity contribution in [2.75, 3.05) is 0 Å². The number of esters is 1. The molecule has 0 aromatic rings. The summed E-state index contributed by atoms with van der Waals surface area (Å²) in [4.78, 5) is 11.6. The minimum atomic E-state index is -2.49. The molecule has 0 spiro atoms. The Kier molecular flexibility index (Phi) is 12.5. The monoisotopic (exact) mass is 404 g/mol. The van der Waals surface area contributed by atoms with Gasteiger partial charge in [-0.3, -0.25) is 0 Å². The van der Waals surface area contributed by atoms with Crippen molar-refractivity contribution in [1.29, 1.82) is 0 Å². The number of carbonyl (C=O) groups is 1. The average molecular weight is 403 g/mol. The SMILES string of the molecule is C/C=C/[CH](OC(C)=O)[Sn]([CH2]CCC)([CH2]CCC)[CH2]CCC. The van der Waals surface area contributed by atoms with Crippen molar-refractivity contribution in [3.05, 3.63) is 12.2 Å². The summed E-state index contributed by atoms with van der Waals surface area (Å²) in [6.07, 6.45) is 11.9. The molecule has 21 heavy (non-hydrogen) atoms. The van der Waals surface area contributed by atoms with Crippen LogP contribution in [0.5, 0.6) is 0 Å². The quantitative estimate of drug-likeness (QED) is 0.231. The van der Waals surface area contributed by atoms with E-state index in [-0.39, 0.29) is 10.1 Å². The first-order valence-electron chi connectivity index (χ1n) is 8.86. The summed E-state index contributed by atoms with van der Waals surface area (Å²) in [5.74, 6) is -0.108. The van der Waals surface area contributed by atoms with E-state index < -0.39 is 18.4 Å². The van der Waals surface area contributed by atoms with Gasteiger partial charge in [-0.2, -0.15) is 0 Å². The topological polar surface area (TPSA) is 26.3 Å². The Morgan fingerprint density at radius 3 is 1.71 bits per heavy atom. The molecule has 1 atom stereocenters. The van der Waals surface area contributed by atoms with Crippen molar-refractivity contribution in [1.82, 2.24) is 0 Å². The van der Waals surface area contributed by atoms with Gasteiger partial charge in [0.1, 0.15) is 0 Å². The van der Waals surface area contributed by atoms with Crippen LogP contribution in [0.4, 0.5) is 0 Å². The fraction of sp³-hybridized carbons (Fsp3) is 0.833. The maximum absolute atomic E-state index is 11.6. The molecular weight excluding hydrogens is 367 g/mol. The maximum atomic E-state index is 11.6. The molecule has 1 unspecified atom stereocenters. The van der Waals surface area contributed by atoms with E-state index in [0.717, 1.165) is 0 Å². The van der Waals surface area contributed by atoms with Gasteiger partial charge in [0.15, 0.2) is 0 Å². The second-order valence-electron chi connectivity index (χ2n) is 6.23. The van der Waals surface area contributed by atoms with Crippen molar-refractivity contribution in [2.24, 2.45) is 0 Å². The van der Waals surface area contributed by atoms with Gasteiger partial charge < -0.3 is 0 Å². The summed E-state index contributed by atoms with van der Waals surface area (Å²) in [5.41, 5.74) is 0. The molecule has 124 valence electrons. The van der Waals surface area contributed by atoms with E-state index in [9.17, 15) is 4.79 Å². The third-order valence-electron chi connectivity index (χ3n) is 4.35. The normalized spacial score (nSPS) is 13.6. The van der Waals surface area contributed by atoms with Crippen molar-refractivity contribution in [3.8, 4) is 0 Å². The average Bonchev–Trinajstić information content (AvgIpc) is 2.46. The molecule has 0 amide bonds. The van der Waals surface area contributed by atoms with E-state index in [1.54, 1.807) is 6.92 Å². The van der Waals surface area contributed by atoms with Crippen LogP contribution in [0.15, 0.2) is 12.2 Å². The van der Waals surface area contributed by atoms with Gasteiger partial charge in [-0.1, -0.05) is 0 Å². The number of unbranched alkanes of at least 4 members (excludes halogenated alkanes) is 3. The fourth-order valence-electron chi connectivity index (χ4n) is 3.11. The second-order valence-corrected chi connectivity index (χ2v) is 19.9. The van der Waals surface area contributed by atoms with Gasteiger partial charge in [-0.25, -0.2) is 0 Å². The zero-order valence-electron chi connectivity index (χ0n) is 14.9. The fourth-order valence-corrected chi connectivity index (χ4v) is 19.6. The van der Waals surface area contributed by atoms with Crippen LogP contribution in [-0.2, 0) is 9.53 Å². The van der Waals surface area contributed by atoms with Gasteiger partial charge in [0, 0.05) is 0 Å². The first kappa shape index (κ1) is 21.0. The zero-order chi connectivity index (χ0) is 16.1. The van der Waals surface area contributed by atoms with Crippen LogP contribution in [0.1, 0.15) is 73.1 Å². The Hall–Kier alpha value is 0.00870. The van der Waals surface area contributed by atoms with Crippen molar-refractivity contribution < 1.29 is 9.53 Å². The third-order valence-corrected chi connectivity index (χ3v) is 20.2.